The zero-order chi connectivity index (χ0) is 13.0. The molecule has 5 heteroatoms. The molecule has 2 rings (SSSR count). The van der Waals surface area contributed by atoms with Gasteiger partial charge < -0.3 is 9.84 Å². The Balaban J connectivity index is 2.16. The number of rotatable bonds is 5. The van der Waals surface area contributed by atoms with Crippen molar-refractivity contribution in [2.45, 2.75) is 13.5 Å². The first-order valence-electron chi connectivity index (χ1n) is 5.61. The Morgan fingerprint density at radius 2 is 2.33 bits per heavy atom. The molecule has 1 N–H and O–H groups in total. The maximum Gasteiger partial charge on any atom is 0.240 e. The highest BCUT2D eigenvalue weighted by atomic mass is 79.9. The molecule has 0 fully saturated rings. The smallest absolute Gasteiger partial charge is 0.240 e. The van der Waals surface area contributed by atoms with Crippen LogP contribution in [0.3, 0.4) is 0 Å². The average Bonchev–Trinajstić information content (AvgIpc) is 2.78. The van der Waals surface area contributed by atoms with Crippen LogP contribution in [0.1, 0.15) is 11.5 Å². The van der Waals surface area contributed by atoms with E-state index in [0.29, 0.717) is 18.3 Å². The van der Waals surface area contributed by atoms with Gasteiger partial charge in [-0.25, -0.2) is 0 Å². The van der Waals surface area contributed by atoms with Crippen LogP contribution in [0.5, 0.6) is 0 Å². The molecule has 0 unspecified atom stereocenters. The van der Waals surface area contributed by atoms with E-state index in [9.17, 15) is 0 Å². The maximum atomic E-state index is 5.18. The molecule has 0 aliphatic carbocycles. The molecule has 0 bridgehead atoms. The fraction of sp³-hybridized carbons (Fsp3) is 0.231. The minimum atomic E-state index is 0.550. The molecule has 0 saturated heterocycles. The van der Waals surface area contributed by atoms with Gasteiger partial charge in [0.05, 0.1) is 6.54 Å². The summed E-state index contributed by atoms with van der Waals surface area (Å²) in [6.07, 6.45) is 1.79. The molecular weight excluding hydrogens is 294 g/mol. The van der Waals surface area contributed by atoms with Gasteiger partial charge >= 0.3 is 0 Å². The highest BCUT2D eigenvalue weighted by Gasteiger charge is 2.10. The lowest BCUT2D eigenvalue weighted by Gasteiger charge is -2.00. The van der Waals surface area contributed by atoms with Crippen LogP contribution in [0.2, 0.25) is 0 Å². The predicted octanol–water partition coefficient (Wildman–Crippen LogP) is 3.08. The van der Waals surface area contributed by atoms with Crippen LogP contribution < -0.4 is 5.32 Å². The number of benzene rings is 1. The topological polar surface area (TPSA) is 51.0 Å². The Morgan fingerprint density at radius 3 is 3.06 bits per heavy atom. The van der Waals surface area contributed by atoms with Crippen LogP contribution in [0.25, 0.3) is 11.4 Å². The SMILES string of the molecule is C=CCNCc1nc(-c2ccc(Br)cc2C)no1. The van der Waals surface area contributed by atoms with Gasteiger partial charge in [0.15, 0.2) is 0 Å². The summed E-state index contributed by atoms with van der Waals surface area (Å²) in [5, 5.41) is 7.11. The summed E-state index contributed by atoms with van der Waals surface area (Å²) < 4.78 is 6.22. The molecular formula is C13H14BrN3O. The largest absolute Gasteiger partial charge is 0.338 e. The number of aryl methyl sites for hydroxylation is 1. The lowest BCUT2D eigenvalue weighted by atomic mass is 10.1. The van der Waals surface area contributed by atoms with Crippen LogP contribution >= 0.6 is 15.9 Å². The van der Waals surface area contributed by atoms with E-state index in [1.807, 2.05) is 25.1 Å². The third-order valence-electron chi connectivity index (χ3n) is 2.46. The van der Waals surface area contributed by atoms with Gasteiger partial charge in [0.2, 0.25) is 11.7 Å². The minimum Gasteiger partial charge on any atom is -0.338 e. The van der Waals surface area contributed by atoms with E-state index >= 15 is 0 Å². The van der Waals surface area contributed by atoms with Crippen LogP contribution in [-0.4, -0.2) is 16.7 Å². The van der Waals surface area contributed by atoms with E-state index in [1.165, 1.54) is 0 Å². The van der Waals surface area contributed by atoms with Crippen LogP contribution in [0, 0.1) is 6.92 Å². The van der Waals surface area contributed by atoms with Gasteiger partial charge in [-0.05, 0) is 30.7 Å². The molecule has 1 aromatic carbocycles. The molecule has 1 heterocycles. The number of nitrogens with one attached hydrogen (secondary N) is 1. The first-order chi connectivity index (χ1) is 8.70. The molecule has 4 nitrogen and oxygen atoms in total. The van der Waals surface area contributed by atoms with Crippen molar-refractivity contribution in [2.24, 2.45) is 0 Å². The van der Waals surface area contributed by atoms with Gasteiger partial charge in [0.25, 0.3) is 0 Å². The lowest BCUT2D eigenvalue weighted by Crippen LogP contribution is -2.12. The summed E-state index contributed by atoms with van der Waals surface area (Å²) in [6.45, 7) is 6.92. The Bertz CT molecular complexity index is 551. The number of hydrogen-bond acceptors (Lipinski definition) is 4. The van der Waals surface area contributed by atoms with E-state index in [4.69, 9.17) is 4.52 Å². The van der Waals surface area contributed by atoms with Crippen molar-refractivity contribution in [3.05, 3.63) is 46.8 Å². The van der Waals surface area contributed by atoms with Crippen molar-refractivity contribution in [2.75, 3.05) is 6.54 Å². The monoisotopic (exact) mass is 307 g/mol. The second-order valence-electron chi connectivity index (χ2n) is 3.89. The molecule has 2 aromatic rings. The first-order valence-corrected chi connectivity index (χ1v) is 6.40. The first kappa shape index (κ1) is 13.0. The molecule has 1 aromatic heterocycles. The van der Waals surface area contributed by atoms with E-state index in [0.717, 1.165) is 22.1 Å². The molecule has 0 aliphatic rings. The van der Waals surface area contributed by atoms with Gasteiger partial charge in [-0.3, -0.25) is 0 Å². The van der Waals surface area contributed by atoms with Gasteiger partial charge in [-0.2, -0.15) is 4.98 Å². The van der Waals surface area contributed by atoms with E-state index < -0.39 is 0 Å². The molecule has 0 amide bonds. The number of nitrogens with zero attached hydrogens (tertiary/aromatic N) is 2. The second kappa shape index (κ2) is 5.93. The van der Waals surface area contributed by atoms with E-state index in [2.05, 4.69) is 38.0 Å². The predicted molar refractivity (Wildman–Crippen MR) is 74.1 cm³/mol. The normalized spacial score (nSPS) is 10.6. The highest BCUT2D eigenvalue weighted by Crippen LogP contribution is 2.23. The molecule has 0 radical (unpaired) electrons. The zero-order valence-corrected chi connectivity index (χ0v) is 11.7. The van der Waals surface area contributed by atoms with Crippen molar-refractivity contribution in [1.29, 1.82) is 0 Å². The van der Waals surface area contributed by atoms with Gasteiger partial charge in [-0.1, -0.05) is 27.2 Å². The molecule has 94 valence electrons. The fourth-order valence-electron chi connectivity index (χ4n) is 1.60. The number of hydrogen-bond donors (Lipinski definition) is 1. The summed E-state index contributed by atoms with van der Waals surface area (Å²) in [4.78, 5) is 4.35. The standard InChI is InChI=1S/C13H14BrN3O/c1-3-6-15-8-12-16-13(17-18-12)11-5-4-10(14)7-9(11)2/h3-5,7,15H,1,6,8H2,2H3. The molecule has 0 aliphatic heterocycles. The maximum absolute atomic E-state index is 5.18. The Kier molecular flexibility index (Phi) is 4.28. The number of halogens is 1. The van der Waals surface area contributed by atoms with Crippen molar-refractivity contribution < 1.29 is 4.52 Å². The van der Waals surface area contributed by atoms with E-state index in [1.54, 1.807) is 6.08 Å². The van der Waals surface area contributed by atoms with Crippen molar-refractivity contribution in [3.63, 3.8) is 0 Å². The average molecular weight is 308 g/mol. The highest BCUT2D eigenvalue weighted by molar-refractivity contribution is 9.10. The van der Waals surface area contributed by atoms with E-state index in [-0.39, 0.29) is 0 Å². The Labute approximate surface area is 114 Å². The van der Waals surface area contributed by atoms with Crippen molar-refractivity contribution in [1.82, 2.24) is 15.5 Å². The summed E-state index contributed by atoms with van der Waals surface area (Å²) in [7, 11) is 0. The minimum absolute atomic E-state index is 0.550. The Hall–Kier alpha value is -1.46. The van der Waals surface area contributed by atoms with Crippen LogP contribution in [-0.2, 0) is 6.54 Å². The summed E-state index contributed by atoms with van der Waals surface area (Å²) in [6, 6.07) is 5.97. The third kappa shape index (κ3) is 3.05. The van der Waals surface area contributed by atoms with Gasteiger partial charge in [0, 0.05) is 16.6 Å². The summed E-state index contributed by atoms with van der Waals surface area (Å²) >= 11 is 3.43. The van der Waals surface area contributed by atoms with Crippen LogP contribution in [0.15, 0.2) is 39.8 Å². The third-order valence-corrected chi connectivity index (χ3v) is 2.96. The van der Waals surface area contributed by atoms with Gasteiger partial charge in [0.1, 0.15) is 0 Å². The summed E-state index contributed by atoms with van der Waals surface area (Å²) in [5.41, 5.74) is 2.09. The second-order valence-corrected chi connectivity index (χ2v) is 4.81. The summed E-state index contributed by atoms with van der Waals surface area (Å²) in [5.74, 6) is 1.20. The molecule has 0 atom stereocenters. The van der Waals surface area contributed by atoms with Crippen molar-refractivity contribution in [3.8, 4) is 11.4 Å². The fourth-order valence-corrected chi connectivity index (χ4v) is 2.07. The lowest BCUT2D eigenvalue weighted by molar-refractivity contribution is 0.370. The molecule has 18 heavy (non-hydrogen) atoms. The molecule has 0 spiro atoms. The number of aromatic nitrogens is 2. The van der Waals surface area contributed by atoms with Crippen LogP contribution in [0.4, 0.5) is 0 Å². The van der Waals surface area contributed by atoms with Gasteiger partial charge in [-0.15, -0.1) is 6.58 Å². The zero-order valence-electron chi connectivity index (χ0n) is 10.1. The molecule has 0 saturated carbocycles. The quantitative estimate of drug-likeness (QED) is 0.681. The van der Waals surface area contributed by atoms with Crippen molar-refractivity contribution >= 4 is 15.9 Å². The Morgan fingerprint density at radius 1 is 1.50 bits per heavy atom.